The minimum atomic E-state index is -0.690. The number of benzene rings is 2. The fraction of sp³-hybridized carbons (Fsp3) is 0.167. The summed E-state index contributed by atoms with van der Waals surface area (Å²) < 4.78 is 11.3. The van der Waals surface area contributed by atoms with Crippen LogP contribution in [0.5, 0.6) is 5.75 Å². The van der Waals surface area contributed by atoms with Crippen molar-refractivity contribution in [3.63, 3.8) is 0 Å². The van der Waals surface area contributed by atoms with E-state index in [-0.39, 0.29) is 17.2 Å². The van der Waals surface area contributed by atoms with Crippen molar-refractivity contribution in [2.45, 2.75) is 11.8 Å². The van der Waals surface area contributed by atoms with Gasteiger partial charge in [-0.2, -0.15) is 0 Å². The van der Waals surface area contributed by atoms with E-state index < -0.39 is 5.63 Å². The molecule has 0 unspecified atom stereocenters. The van der Waals surface area contributed by atoms with Crippen LogP contribution in [0, 0.1) is 6.92 Å². The Labute approximate surface area is 148 Å². The number of thioether (sulfide) groups is 1. The van der Waals surface area contributed by atoms with E-state index in [1.807, 2.05) is 31.2 Å². The topological polar surface area (TPSA) is 76.2 Å². The fourth-order valence-electron chi connectivity index (χ4n) is 2.28. The molecule has 128 valence electrons. The zero-order valence-electron chi connectivity index (χ0n) is 13.8. The first-order valence-electron chi connectivity index (χ1n) is 7.59. The van der Waals surface area contributed by atoms with Gasteiger partial charge in [0, 0.05) is 17.0 Å². The van der Waals surface area contributed by atoms with Crippen LogP contribution in [0.2, 0.25) is 0 Å². The van der Waals surface area contributed by atoms with Gasteiger partial charge in [0.15, 0.2) is 0 Å². The van der Waals surface area contributed by atoms with Crippen molar-refractivity contribution in [1.29, 1.82) is 0 Å². The number of nitrogens with zero attached hydrogens (tertiary/aromatic N) is 1. The van der Waals surface area contributed by atoms with Gasteiger partial charge in [0.2, 0.25) is 11.5 Å². The Morgan fingerprint density at radius 2 is 1.84 bits per heavy atom. The monoisotopic (exact) mass is 357 g/mol. The lowest BCUT2D eigenvalue weighted by molar-refractivity contribution is -0.672. The van der Waals surface area contributed by atoms with Gasteiger partial charge in [0.25, 0.3) is 0 Å². The van der Waals surface area contributed by atoms with Crippen LogP contribution in [0.3, 0.4) is 0 Å². The Bertz CT molecular complexity index is 927. The van der Waals surface area contributed by atoms with Crippen LogP contribution < -0.4 is 15.0 Å². The lowest BCUT2D eigenvalue weighted by Crippen LogP contribution is -2.41. The molecule has 6 nitrogen and oxygen atoms in total. The molecule has 7 heteroatoms. The number of ketones is 1. The Morgan fingerprint density at radius 1 is 1.16 bits per heavy atom. The van der Waals surface area contributed by atoms with Crippen LogP contribution >= 0.6 is 11.8 Å². The van der Waals surface area contributed by atoms with Crippen LogP contribution in [0.4, 0.5) is 0 Å². The summed E-state index contributed by atoms with van der Waals surface area (Å²) in [5.41, 5.74) is 1.03. The summed E-state index contributed by atoms with van der Waals surface area (Å²) in [5, 5.41) is 2.47. The number of H-pyrrole nitrogens is 1. The van der Waals surface area contributed by atoms with Crippen LogP contribution in [-0.2, 0) is 0 Å². The van der Waals surface area contributed by atoms with Crippen LogP contribution in [0.15, 0.2) is 62.7 Å². The van der Waals surface area contributed by atoms with E-state index in [4.69, 9.17) is 9.26 Å². The average molecular weight is 357 g/mol. The molecule has 0 saturated carbocycles. The molecule has 25 heavy (non-hydrogen) atoms. The van der Waals surface area contributed by atoms with Gasteiger partial charge in [-0.1, -0.05) is 17.7 Å². The van der Waals surface area contributed by atoms with Crippen molar-refractivity contribution in [2.24, 2.45) is 0 Å². The predicted octanol–water partition coefficient (Wildman–Crippen LogP) is 2.54. The first kappa shape index (κ1) is 17.0. The van der Waals surface area contributed by atoms with E-state index in [9.17, 15) is 9.59 Å². The predicted molar refractivity (Wildman–Crippen MR) is 93.6 cm³/mol. The van der Waals surface area contributed by atoms with Gasteiger partial charge in [0.1, 0.15) is 5.75 Å². The standard InChI is InChI=1S/C18H16N2O4S/c1-12-3-9-15(10-4-12)25-11-16(21)17-18(22)24-19-20(17)13-5-7-14(23-2)8-6-13/h3-10H,11H2,1-2H3/p+1. The summed E-state index contributed by atoms with van der Waals surface area (Å²) in [6.45, 7) is 2.00. The van der Waals surface area contributed by atoms with Crippen molar-refractivity contribution >= 4 is 17.5 Å². The molecule has 3 aromatic rings. The van der Waals surface area contributed by atoms with E-state index in [2.05, 4.69) is 5.27 Å². The number of aromatic amines is 1. The van der Waals surface area contributed by atoms with Gasteiger partial charge < -0.3 is 4.74 Å². The number of nitrogens with one attached hydrogen (secondary N) is 1. The fourth-order valence-corrected chi connectivity index (χ4v) is 3.04. The lowest BCUT2D eigenvalue weighted by atomic mass is 10.2. The van der Waals surface area contributed by atoms with Crippen LogP contribution in [0.25, 0.3) is 5.69 Å². The minimum Gasteiger partial charge on any atom is -0.497 e. The Kier molecular flexibility index (Phi) is 5.04. The summed E-state index contributed by atoms with van der Waals surface area (Å²) in [5.74, 6) is 0.511. The van der Waals surface area contributed by atoms with Crippen LogP contribution in [-0.4, -0.2) is 23.9 Å². The smallest absolute Gasteiger partial charge is 0.438 e. The second kappa shape index (κ2) is 7.40. The first-order valence-corrected chi connectivity index (χ1v) is 8.57. The number of aryl methyl sites for hydroxylation is 1. The second-order valence-electron chi connectivity index (χ2n) is 5.39. The molecule has 0 amide bonds. The quantitative estimate of drug-likeness (QED) is 0.417. The third kappa shape index (κ3) is 3.83. The number of carbonyl (C=O) groups is 1. The number of methoxy groups -OCH3 is 1. The SMILES string of the molecule is COc1ccc(-[n+]2[nH]oc(=O)c2C(=O)CSc2ccc(C)cc2)cc1. The summed E-state index contributed by atoms with van der Waals surface area (Å²) in [6, 6.07) is 14.8. The van der Waals surface area contributed by atoms with E-state index in [0.29, 0.717) is 11.4 Å². The molecule has 1 aromatic heterocycles. The van der Waals surface area contributed by atoms with Gasteiger partial charge in [-0.25, -0.2) is 4.79 Å². The van der Waals surface area contributed by atoms with E-state index in [1.165, 1.54) is 16.4 Å². The third-order valence-corrected chi connectivity index (χ3v) is 4.64. The van der Waals surface area contributed by atoms with Gasteiger partial charge in [0.05, 0.1) is 12.9 Å². The van der Waals surface area contributed by atoms with E-state index in [1.54, 1.807) is 31.4 Å². The molecule has 0 atom stereocenters. The Morgan fingerprint density at radius 3 is 2.48 bits per heavy atom. The first-order chi connectivity index (χ1) is 12.1. The zero-order valence-corrected chi connectivity index (χ0v) is 14.6. The average Bonchev–Trinajstić information content (AvgIpc) is 3.02. The lowest BCUT2D eigenvalue weighted by Gasteiger charge is -2.00. The Balaban J connectivity index is 1.81. The highest BCUT2D eigenvalue weighted by Gasteiger charge is 2.30. The van der Waals surface area contributed by atoms with Crippen molar-refractivity contribution in [2.75, 3.05) is 12.9 Å². The Hall–Kier alpha value is -2.80. The van der Waals surface area contributed by atoms with Gasteiger partial charge in [-0.05, 0) is 41.1 Å². The molecule has 1 N–H and O–H groups in total. The third-order valence-electron chi connectivity index (χ3n) is 3.63. The van der Waals surface area contributed by atoms with Crippen molar-refractivity contribution in [3.8, 4) is 11.4 Å². The molecule has 0 aliphatic carbocycles. The van der Waals surface area contributed by atoms with Crippen LogP contribution in [0.1, 0.15) is 16.1 Å². The summed E-state index contributed by atoms with van der Waals surface area (Å²) in [4.78, 5) is 25.5. The maximum absolute atomic E-state index is 12.5. The maximum Gasteiger partial charge on any atom is 0.438 e. The molecule has 3 rings (SSSR count). The number of hydrogen-bond donors (Lipinski definition) is 1. The highest BCUT2D eigenvalue weighted by molar-refractivity contribution is 8.00. The molecular formula is C18H17N2O4S+. The highest BCUT2D eigenvalue weighted by atomic mass is 32.2. The number of hydrogen-bond acceptors (Lipinski definition) is 5. The molecule has 0 radical (unpaired) electrons. The van der Waals surface area contributed by atoms with Crippen molar-refractivity contribution in [3.05, 3.63) is 70.2 Å². The zero-order chi connectivity index (χ0) is 17.8. The van der Waals surface area contributed by atoms with E-state index in [0.717, 1.165) is 10.5 Å². The second-order valence-corrected chi connectivity index (χ2v) is 6.44. The number of aromatic nitrogens is 2. The summed E-state index contributed by atoms with van der Waals surface area (Å²) in [7, 11) is 1.57. The molecule has 0 aliphatic rings. The number of Topliss-reactive ketones (excluding diaryl/α,β-unsaturated/α-hetero) is 1. The minimum absolute atomic E-state index is 0.0372. The maximum atomic E-state index is 12.5. The van der Waals surface area contributed by atoms with Crippen molar-refractivity contribution < 1.29 is 18.7 Å². The number of carbonyl (C=O) groups excluding carboxylic acids is 1. The van der Waals surface area contributed by atoms with Gasteiger partial charge >= 0.3 is 11.3 Å². The molecule has 0 fully saturated rings. The summed E-state index contributed by atoms with van der Waals surface area (Å²) >= 11 is 1.38. The van der Waals surface area contributed by atoms with Crippen molar-refractivity contribution in [1.82, 2.24) is 5.27 Å². The summed E-state index contributed by atoms with van der Waals surface area (Å²) in [6.07, 6.45) is 0. The molecule has 0 saturated heterocycles. The highest BCUT2D eigenvalue weighted by Crippen LogP contribution is 2.19. The molecule has 0 aliphatic heterocycles. The number of ether oxygens (including phenoxy) is 1. The molecule has 0 bridgehead atoms. The normalized spacial score (nSPS) is 10.6. The molecule has 0 spiro atoms. The number of rotatable bonds is 6. The largest absolute Gasteiger partial charge is 0.497 e. The molecule has 1 heterocycles. The van der Waals surface area contributed by atoms with Gasteiger partial charge in [-0.15, -0.1) is 11.8 Å². The molecule has 2 aromatic carbocycles. The van der Waals surface area contributed by atoms with E-state index >= 15 is 0 Å². The molecular weight excluding hydrogens is 340 g/mol. The van der Waals surface area contributed by atoms with Gasteiger partial charge in [-0.3, -0.25) is 9.32 Å².